The quantitative estimate of drug-likeness (QED) is 0.693. The van der Waals surface area contributed by atoms with Crippen LogP contribution in [0.5, 0.6) is 0 Å². The maximum atomic E-state index is 4.49. The molecule has 0 unspecified atom stereocenters. The molecular weight excluding hydrogens is 265 g/mol. The Morgan fingerprint density at radius 2 is 1.30 bits per heavy atom. The Bertz CT molecular complexity index is 611. The van der Waals surface area contributed by atoms with E-state index in [2.05, 4.69) is 15.4 Å². The summed E-state index contributed by atoms with van der Waals surface area (Å²) < 4.78 is 4.49. The molecule has 0 amide bonds. The van der Waals surface area contributed by atoms with E-state index >= 15 is 0 Å². The third kappa shape index (κ3) is 3.14. The number of hydrogen-bond acceptors (Lipinski definition) is 3. The summed E-state index contributed by atoms with van der Waals surface area (Å²) in [7, 11) is 0.943. The van der Waals surface area contributed by atoms with Crippen LogP contribution in [0.2, 0.25) is 0 Å². The SMILES string of the molecule is c1ccc(Nc2ccpnc2Nc2ccccc2)cc1. The lowest BCUT2D eigenvalue weighted by Crippen LogP contribution is -1.98. The van der Waals surface area contributed by atoms with Crippen molar-refractivity contribution in [1.29, 1.82) is 0 Å². The summed E-state index contributed by atoms with van der Waals surface area (Å²) in [5, 5.41) is 6.73. The van der Waals surface area contributed by atoms with Gasteiger partial charge in [0.25, 0.3) is 0 Å². The predicted molar refractivity (Wildman–Crippen MR) is 86.2 cm³/mol. The molecule has 3 rings (SSSR count). The molecule has 4 heteroatoms. The third-order valence-electron chi connectivity index (χ3n) is 2.81. The highest BCUT2D eigenvalue weighted by Crippen LogP contribution is 2.27. The number of nitrogens with zero attached hydrogens (tertiary/aromatic N) is 1. The molecule has 0 atom stereocenters. The summed E-state index contributed by atoms with van der Waals surface area (Å²) >= 11 is 0. The first-order valence-corrected chi connectivity index (χ1v) is 7.29. The summed E-state index contributed by atoms with van der Waals surface area (Å²) in [6.45, 7) is 0. The van der Waals surface area contributed by atoms with Gasteiger partial charge in [0.05, 0.1) is 5.69 Å². The van der Waals surface area contributed by atoms with Crippen molar-refractivity contribution in [3.8, 4) is 0 Å². The molecular formula is C16H14N3P. The number of para-hydroxylation sites is 2. The zero-order valence-corrected chi connectivity index (χ0v) is 11.7. The van der Waals surface area contributed by atoms with Gasteiger partial charge in [-0.25, -0.2) is 4.75 Å². The van der Waals surface area contributed by atoms with Crippen molar-refractivity contribution in [2.24, 2.45) is 0 Å². The van der Waals surface area contributed by atoms with Gasteiger partial charge in [-0.15, -0.1) is 0 Å². The van der Waals surface area contributed by atoms with E-state index in [1.807, 2.05) is 72.5 Å². The predicted octanol–water partition coefficient (Wildman–Crippen LogP) is 5.15. The maximum Gasteiger partial charge on any atom is 0.158 e. The molecule has 1 aromatic heterocycles. The third-order valence-corrected chi connectivity index (χ3v) is 3.41. The summed E-state index contributed by atoms with van der Waals surface area (Å²) in [5.41, 5.74) is 3.05. The molecule has 0 saturated carbocycles. The molecule has 0 aliphatic heterocycles. The van der Waals surface area contributed by atoms with Gasteiger partial charge >= 0.3 is 0 Å². The van der Waals surface area contributed by atoms with Gasteiger partial charge in [0.1, 0.15) is 0 Å². The second kappa shape index (κ2) is 6.18. The Balaban J connectivity index is 1.85. The van der Waals surface area contributed by atoms with Gasteiger partial charge in [0, 0.05) is 19.7 Å². The molecule has 20 heavy (non-hydrogen) atoms. The molecule has 0 aliphatic carbocycles. The van der Waals surface area contributed by atoms with Crippen molar-refractivity contribution < 1.29 is 0 Å². The fourth-order valence-electron chi connectivity index (χ4n) is 1.86. The van der Waals surface area contributed by atoms with Crippen LogP contribution in [0.3, 0.4) is 0 Å². The van der Waals surface area contributed by atoms with E-state index in [0.29, 0.717) is 0 Å². The fraction of sp³-hybridized carbons (Fsp3) is 0. The summed E-state index contributed by atoms with van der Waals surface area (Å²) in [5.74, 6) is 2.87. The van der Waals surface area contributed by atoms with E-state index in [1.54, 1.807) is 0 Å². The van der Waals surface area contributed by atoms with Gasteiger partial charge < -0.3 is 10.6 Å². The average molecular weight is 279 g/mol. The van der Waals surface area contributed by atoms with Crippen molar-refractivity contribution >= 4 is 31.2 Å². The van der Waals surface area contributed by atoms with Gasteiger partial charge in [-0.05, 0) is 36.1 Å². The highest BCUT2D eigenvalue weighted by atomic mass is 31.0. The van der Waals surface area contributed by atoms with Gasteiger partial charge in [0.15, 0.2) is 5.82 Å². The first kappa shape index (κ1) is 12.6. The number of nitrogens with one attached hydrogen (secondary N) is 2. The Hall–Kier alpha value is -2.38. The molecule has 2 aromatic carbocycles. The summed E-state index contributed by atoms with van der Waals surface area (Å²) in [6.07, 6.45) is 0. The molecule has 0 saturated heterocycles. The Morgan fingerprint density at radius 3 is 1.95 bits per heavy atom. The van der Waals surface area contributed by atoms with Crippen LogP contribution in [-0.4, -0.2) is 4.75 Å². The molecule has 0 aliphatic rings. The Kier molecular flexibility index (Phi) is 3.91. The number of anilines is 4. The highest BCUT2D eigenvalue weighted by molar-refractivity contribution is 7.24. The van der Waals surface area contributed by atoms with Crippen molar-refractivity contribution in [2.45, 2.75) is 0 Å². The van der Waals surface area contributed by atoms with Crippen LogP contribution >= 0.6 is 8.35 Å². The van der Waals surface area contributed by atoms with Crippen molar-refractivity contribution in [1.82, 2.24) is 4.75 Å². The molecule has 0 bridgehead atoms. The first-order chi connectivity index (χ1) is 9.92. The Labute approximate surface area is 119 Å². The summed E-state index contributed by atoms with van der Waals surface area (Å²) in [4.78, 5) is 0. The van der Waals surface area contributed by atoms with Gasteiger partial charge in [-0.1, -0.05) is 36.4 Å². The average Bonchev–Trinajstić information content (AvgIpc) is 2.51. The molecule has 2 N–H and O–H groups in total. The second-order valence-corrected chi connectivity index (χ2v) is 5.00. The van der Waals surface area contributed by atoms with Crippen LogP contribution in [0.4, 0.5) is 22.9 Å². The number of benzene rings is 2. The van der Waals surface area contributed by atoms with Crippen molar-refractivity contribution in [2.75, 3.05) is 10.6 Å². The Morgan fingerprint density at radius 1 is 0.700 bits per heavy atom. The number of aromatic nitrogens is 1. The number of hydrogen-bond donors (Lipinski definition) is 2. The van der Waals surface area contributed by atoms with Crippen LogP contribution in [-0.2, 0) is 0 Å². The first-order valence-electron chi connectivity index (χ1n) is 6.38. The largest absolute Gasteiger partial charge is 0.352 e. The zero-order chi connectivity index (χ0) is 13.6. The lowest BCUT2D eigenvalue weighted by atomic mass is 10.3. The van der Waals surface area contributed by atoms with Crippen LogP contribution in [0.1, 0.15) is 0 Å². The minimum absolute atomic E-state index is 0.851. The summed E-state index contributed by atoms with van der Waals surface area (Å²) in [6, 6.07) is 22.2. The monoisotopic (exact) mass is 279 g/mol. The van der Waals surface area contributed by atoms with E-state index < -0.39 is 0 Å². The lowest BCUT2D eigenvalue weighted by molar-refractivity contribution is 1.42. The standard InChI is InChI=1S/C16H14N3P/c1-3-7-13(8-4-1)17-15-11-12-20-19-16(15)18-14-9-5-2-6-10-14/h1-12,17H,(H,18,19). The van der Waals surface area contributed by atoms with E-state index in [0.717, 1.165) is 31.2 Å². The molecule has 0 radical (unpaired) electrons. The fourth-order valence-corrected chi connectivity index (χ4v) is 2.42. The minimum Gasteiger partial charge on any atom is -0.352 e. The smallest absolute Gasteiger partial charge is 0.158 e. The molecule has 98 valence electrons. The zero-order valence-electron chi connectivity index (χ0n) is 10.8. The number of rotatable bonds is 4. The normalized spacial score (nSPS) is 10.4. The molecule has 0 spiro atoms. The topological polar surface area (TPSA) is 37.0 Å². The van der Waals surface area contributed by atoms with Crippen LogP contribution in [0, 0.1) is 0 Å². The second-order valence-electron chi connectivity index (χ2n) is 4.28. The van der Waals surface area contributed by atoms with Crippen LogP contribution in [0.25, 0.3) is 0 Å². The van der Waals surface area contributed by atoms with Gasteiger partial charge in [0.2, 0.25) is 0 Å². The lowest BCUT2D eigenvalue weighted by Gasteiger charge is -2.12. The maximum absolute atomic E-state index is 4.49. The van der Waals surface area contributed by atoms with Crippen LogP contribution in [0.15, 0.2) is 72.5 Å². The van der Waals surface area contributed by atoms with E-state index in [4.69, 9.17) is 0 Å². The molecule has 1 heterocycles. The molecule has 3 nitrogen and oxygen atoms in total. The highest BCUT2D eigenvalue weighted by Gasteiger charge is 2.04. The van der Waals surface area contributed by atoms with E-state index in [-0.39, 0.29) is 0 Å². The van der Waals surface area contributed by atoms with Gasteiger partial charge in [-0.2, -0.15) is 0 Å². The van der Waals surface area contributed by atoms with Crippen molar-refractivity contribution in [3.63, 3.8) is 0 Å². The van der Waals surface area contributed by atoms with E-state index in [9.17, 15) is 0 Å². The van der Waals surface area contributed by atoms with Crippen molar-refractivity contribution in [3.05, 3.63) is 72.5 Å². The molecule has 3 aromatic rings. The molecule has 0 fully saturated rings. The van der Waals surface area contributed by atoms with E-state index in [1.165, 1.54) is 0 Å². The van der Waals surface area contributed by atoms with Crippen LogP contribution < -0.4 is 10.6 Å². The van der Waals surface area contributed by atoms with Gasteiger partial charge in [-0.3, -0.25) is 0 Å². The minimum atomic E-state index is 0.851.